The van der Waals surface area contributed by atoms with Crippen LogP contribution in [-0.2, 0) is 19.5 Å². The highest BCUT2D eigenvalue weighted by molar-refractivity contribution is 7.11. The van der Waals surface area contributed by atoms with Gasteiger partial charge in [0, 0.05) is 23.2 Å². The molecule has 0 aliphatic heterocycles. The normalized spacial score (nSPS) is 12.1. The predicted molar refractivity (Wildman–Crippen MR) is 101 cm³/mol. The Balaban J connectivity index is 2.01. The van der Waals surface area contributed by atoms with E-state index >= 15 is 0 Å². The molecule has 0 fully saturated rings. The molecule has 5 nitrogen and oxygen atoms in total. The Morgan fingerprint density at radius 2 is 2.00 bits per heavy atom. The molecule has 9 heteroatoms. The molecule has 0 radical (unpaired) electrons. The van der Waals surface area contributed by atoms with Gasteiger partial charge in [-0.3, -0.25) is 0 Å². The van der Waals surface area contributed by atoms with Gasteiger partial charge in [-0.25, -0.2) is 9.98 Å². The molecule has 0 unspecified atom stereocenters. The molecule has 148 valence electrons. The maximum absolute atomic E-state index is 12.4. The quantitative estimate of drug-likeness (QED) is 0.521. The number of hydrogen-bond acceptors (Lipinski definition) is 4. The van der Waals surface area contributed by atoms with Gasteiger partial charge in [0.15, 0.2) is 12.6 Å². The molecule has 0 aliphatic carbocycles. The minimum absolute atomic E-state index is 0.182. The van der Waals surface area contributed by atoms with Gasteiger partial charge in [-0.05, 0) is 19.4 Å². The van der Waals surface area contributed by atoms with Gasteiger partial charge >= 0.3 is 6.18 Å². The van der Waals surface area contributed by atoms with Crippen LogP contribution in [0.4, 0.5) is 13.2 Å². The first-order valence-corrected chi connectivity index (χ1v) is 9.46. The average molecular weight is 400 g/mol. The van der Waals surface area contributed by atoms with E-state index in [1.165, 1.54) is 10.9 Å². The second-order valence-corrected chi connectivity index (χ2v) is 6.83. The molecule has 27 heavy (non-hydrogen) atoms. The fraction of sp³-hybridized carbons (Fsp3) is 0.444. The third-order valence-corrected chi connectivity index (χ3v) is 4.61. The first-order valence-electron chi connectivity index (χ1n) is 8.64. The minimum Gasteiger partial charge on any atom is -0.484 e. The first-order chi connectivity index (χ1) is 12.9. The van der Waals surface area contributed by atoms with Crippen molar-refractivity contribution in [3.8, 4) is 5.75 Å². The summed E-state index contributed by atoms with van der Waals surface area (Å²) in [5, 5.41) is 7.25. The summed E-state index contributed by atoms with van der Waals surface area (Å²) in [6.45, 7) is 4.08. The van der Waals surface area contributed by atoms with Gasteiger partial charge in [-0.15, -0.1) is 11.3 Å². The second kappa shape index (κ2) is 10.1. The van der Waals surface area contributed by atoms with E-state index in [2.05, 4.69) is 27.5 Å². The number of hydrogen-bond donors (Lipinski definition) is 2. The number of ether oxygens (including phenoxy) is 1. The molecule has 1 heterocycles. The zero-order valence-electron chi connectivity index (χ0n) is 15.3. The number of rotatable bonds is 8. The fourth-order valence-corrected chi connectivity index (χ4v) is 3.00. The van der Waals surface area contributed by atoms with Crippen molar-refractivity contribution < 1.29 is 17.9 Å². The summed E-state index contributed by atoms with van der Waals surface area (Å²) in [4.78, 5) is 10.00. The maximum Gasteiger partial charge on any atom is 0.422 e. The zero-order chi connectivity index (χ0) is 19.7. The summed E-state index contributed by atoms with van der Waals surface area (Å²) in [5.41, 5.74) is 0.585. The smallest absolute Gasteiger partial charge is 0.422 e. The van der Waals surface area contributed by atoms with Crippen LogP contribution in [0.2, 0.25) is 0 Å². The fourth-order valence-electron chi connectivity index (χ4n) is 2.19. The summed E-state index contributed by atoms with van der Waals surface area (Å²) in [6, 6.07) is 6.59. The van der Waals surface area contributed by atoms with Crippen molar-refractivity contribution in [3.05, 3.63) is 45.9 Å². The van der Waals surface area contributed by atoms with Crippen LogP contribution in [-0.4, -0.2) is 30.3 Å². The molecule has 2 N–H and O–H groups in total. The lowest BCUT2D eigenvalue weighted by atomic mass is 10.2. The van der Waals surface area contributed by atoms with Crippen LogP contribution in [0.3, 0.4) is 0 Å². The summed E-state index contributed by atoms with van der Waals surface area (Å²) < 4.78 is 42.1. The molecule has 0 aliphatic rings. The molecule has 0 saturated carbocycles. The number of aliphatic imine (C=N–C) groups is 1. The monoisotopic (exact) mass is 400 g/mol. The number of nitrogens with one attached hydrogen (secondary N) is 2. The topological polar surface area (TPSA) is 58.5 Å². The van der Waals surface area contributed by atoms with E-state index in [0.717, 1.165) is 11.4 Å². The van der Waals surface area contributed by atoms with Crippen molar-refractivity contribution in [2.45, 2.75) is 39.5 Å². The van der Waals surface area contributed by atoms with Gasteiger partial charge in [0.25, 0.3) is 0 Å². The molecule has 0 bridgehead atoms. The molecule has 0 spiro atoms. The third kappa shape index (κ3) is 7.46. The van der Waals surface area contributed by atoms with Gasteiger partial charge in [0.05, 0.1) is 13.1 Å². The minimum atomic E-state index is -4.38. The Kier molecular flexibility index (Phi) is 7.90. The number of alkyl halides is 3. The van der Waals surface area contributed by atoms with Crippen LogP contribution in [0.1, 0.15) is 29.3 Å². The number of benzene rings is 1. The van der Waals surface area contributed by atoms with Gasteiger partial charge in [0.1, 0.15) is 10.8 Å². The largest absolute Gasteiger partial charge is 0.484 e. The first kappa shape index (κ1) is 21.0. The van der Waals surface area contributed by atoms with E-state index in [0.29, 0.717) is 24.6 Å². The Hall–Kier alpha value is -2.29. The molecule has 0 saturated heterocycles. The standard InChI is InChI=1S/C18H23F3N4OS/c1-3-14-10-23-16(27-14)11-25-17(22-4-2)24-9-13-7-5-6-8-15(13)26-12-18(19,20)21/h5-8,10H,3-4,9,11-12H2,1-2H3,(H2,22,24,25). The van der Waals surface area contributed by atoms with Crippen molar-refractivity contribution in [2.75, 3.05) is 13.2 Å². The lowest BCUT2D eigenvalue weighted by Gasteiger charge is -2.13. The molecule has 2 aromatic rings. The molecular formula is C18H23F3N4OS. The van der Waals surface area contributed by atoms with Gasteiger partial charge < -0.3 is 15.4 Å². The molecule has 0 amide bonds. The van der Waals surface area contributed by atoms with E-state index in [4.69, 9.17) is 4.74 Å². The van der Waals surface area contributed by atoms with Crippen molar-refractivity contribution in [1.29, 1.82) is 0 Å². The number of aromatic nitrogens is 1. The number of halogens is 3. The molecular weight excluding hydrogens is 377 g/mol. The Labute approximate surface area is 160 Å². The number of nitrogens with zero attached hydrogens (tertiary/aromatic N) is 2. The van der Waals surface area contributed by atoms with Crippen LogP contribution in [0.15, 0.2) is 35.5 Å². The summed E-state index contributed by atoms with van der Waals surface area (Å²) in [6.07, 6.45) is -1.57. The van der Waals surface area contributed by atoms with Crippen LogP contribution in [0.25, 0.3) is 0 Å². The van der Waals surface area contributed by atoms with Crippen molar-refractivity contribution >= 4 is 17.3 Å². The Morgan fingerprint density at radius 1 is 1.22 bits per heavy atom. The van der Waals surface area contributed by atoms with Crippen molar-refractivity contribution in [2.24, 2.45) is 4.99 Å². The molecule has 1 aromatic carbocycles. The van der Waals surface area contributed by atoms with E-state index in [1.807, 2.05) is 13.1 Å². The predicted octanol–water partition coefficient (Wildman–Crippen LogP) is 3.90. The summed E-state index contributed by atoms with van der Waals surface area (Å²) >= 11 is 1.64. The van der Waals surface area contributed by atoms with Crippen LogP contribution >= 0.6 is 11.3 Å². The molecule has 1 aromatic heterocycles. The van der Waals surface area contributed by atoms with E-state index in [9.17, 15) is 13.2 Å². The van der Waals surface area contributed by atoms with Crippen LogP contribution < -0.4 is 15.4 Å². The molecule has 0 atom stereocenters. The number of guanidine groups is 1. The second-order valence-electron chi connectivity index (χ2n) is 5.63. The Bertz CT molecular complexity index is 746. The molecule has 2 rings (SSSR count). The summed E-state index contributed by atoms with van der Waals surface area (Å²) in [7, 11) is 0. The average Bonchev–Trinajstić information content (AvgIpc) is 3.10. The van der Waals surface area contributed by atoms with Crippen LogP contribution in [0, 0.1) is 0 Å². The maximum atomic E-state index is 12.4. The lowest BCUT2D eigenvalue weighted by Crippen LogP contribution is -2.36. The van der Waals surface area contributed by atoms with E-state index in [1.54, 1.807) is 29.5 Å². The van der Waals surface area contributed by atoms with Crippen LogP contribution in [0.5, 0.6) is 5.75 Å². The highest BCUT2D eigenvalue weighted by atomic mass is 32.1. The number of para-hydroxylation sites is 1. The lowest BCUT2D eigenvalue weighted by molar-refractivity contribution is -0.153. The number of aryl methyl sites for hydroxylation is 1. The third-order valence-electron chi connectivity index (χ3n) is 3.47. The van der Waals surface area contributed by atoms with E-state index in [-0.39, 0.29) is 12.3 Å². The Morgan fingerprint density at radius 3 is 2.67 bits per heavy atom. The van der Waals surface area contributed by atoms with Crippen molar-refractivity contribution in [1.82, 2.24) is 15.6 Å². The highest BCUT2D eigenvalue weighted by Crippen LogP contribution is 2.22. The van der Waals surface area contributed by atoms with Gasteiger partial charge in [-0.2, -0.15) is 13.2 Å². The highest BCUT2D eigenvalue weighted by Gasteiger charge is 2.28. The SMILES string of the molecule is CCNC(=NCc1ccccc1OCC(F)(F)F)NCc1ncc(CC)s1. The van der Waals surface area contributed by atoms with E-state index < -0.39 is 12.8 Å². The van der Waals surface area contributed by atoms with Gasteiger partial charge in [-0.1, -0.05) is 25.1 Å². The number of thiazole rings is 1. The zero-order valence-corrected chi connectivity index (χ0v) is 16.1. The van der Waals surface area contributed by atoms with Gasteiger partial charge in [0.2, 0.25) is 0 Å². The van der Waals surface area contributed by atoms with Crippen molar-refractivity contribution in [3.63, 3.8) is 0 Å². The summed E-state index contributed by atoms with van der Waals surface area (Å²) in [5.74, 6) is 0.748.